The summed E-state index contributed by atoms with van der Waals surface area (Å²) in [5.41, 5.74) is 0.610. The number of methoxy groups -OCH3 is 1. The summed E-state index contributed by atoms with van der Waals surface area (Å²) in [6.45, 7) is 1.73. The van der Waals surface area contributed by atoms with Crippen LogP contribution in [0.3, 0.4) is 0 Å². The van der Waals surface area contributed by atoms with Gasteiger partial charge in [0.2, 0.25) is 5.76 Å². The minimum atomic E-state index is -0.573. The van der Waals surface area contributed by atoms with Gasteiger partial charge in [-0.15, -0.1) is 0 Å². The highest BCUT2D eigenvalue weighted by atomic mass is 33.1. The number of hydrogen-bond acceptors (Lipinski definition) is 9. The number of cyclic esters (lactones) is 1. The normalized spacial score (nSPS) is 42.5. The first-order valence-electron chi connectivity index (χ1n) is 15.9. The average Bonchev–Trinajstić information content (AvgIpc) is 3.71. The van der Waals surface area contributed by atoms with Gasteiger partial charge in [0.1, 0.15) is 11.3 Å². The largest absolute Gasteiger partial charge is 0.492 e. The van der Waals surface area contributed by atoms with Gasteiger partial charge in [-0.1, -0.05) is 47.8 Å². The van der Waals surface area contributed by atoms with Gasteiger partial charge in [0, 0.05) is 41.5 Å². The van der Waals surface area contributed by atoms with E-state index in [1.807, 2.05) is 10.8 Å². The van der Waals surface area contributed by atoms with Crippen molar-refractivity contribution < 1.29 is 29.2 Å². The molecule has 226 valence electrons. The number of aliphatic hydroxyl groups is 2. The predicted molar refractivity (Wildman–Crippen MR) is 160 cm³/mol. The molecule has 8 atom stereocenters. The second kappa shape index (κ2) is 11.4. The van der Waals surface area contributed by atoms with Gasteiger partial charge < -0.3 is 24.4 Å². The van der Waals surface area contributed by atoms with Crippen molar-refractivity contribution in [2.24, 2.45) is 29.1 Å². The number of piperidine rings is 1. The van der Waals surface area contributed by atoms with Gasteiger partial charge in [-0.3, -0.25) is 4.90 Å². The molecule has 0 unspecified atom stereocenters. The molecular formula is C32H45NO6S2. The average molecular weight is 604 g/mol. The predicted octanol–water partition coefficient (Wildman–Crippen LogP) is 5.54. The van der Waals surface area contributed by atoms with E-state index in [1.165, 1.54) is 51.4 Å². The van der Waals surface area contributed by atoms with Crippen LogP contribution in [0.4, 0.5) is 0 Å². The number of hydrogen-bond donors (Lipinski definition) is 2. The topological polar surface area (TPSA) is 88.5 Å². The van der Waals surface area contributed by atoms with Crippen LogP contribution in [0.2, 0.25) is 0 Å². The van der Waals surface area contributed by atoms with Crippen LogP contribution in [0, 0.1) is 29.1 Å². The third-order valence-corrected chi connectivity index (χ3v) is 14.3. The van der Waals surface area contributed by atoms with E-state index in [0.717, 1.165) is 49.5 Å². The van der Waals surface area contributed by atoms with Crippen LogP contribution in [0.5, 0.6) is 0 Å². The van der Waals surface area contributed by atoms with E-state index in [0.29, 0.717) is 28.9 Å². The molecule has 0 aromatic heterocycles. The van der Waals surface area contributed by atoms with Crippen LogP contribution in [-0.4, -0.2) is 70.5 Å². The second-order valence-electron chi connectivity index (χ2n) is 13.5. The molecule has 0 aromatic rings. The Morgan fingerprint density at radius 3 is 2.63 bits per heavy atom. The molecule has 7 rings (SSSR count). The Morgan fingerprint density at radius 1 is 1.07 bits per heavy atom. The summed E-state index contributed by atoms with van der Waals surface area (Å²) in [5, 5.41) is 21.9. The molecule has 2 N–H and O–H groups in total. The molecule has 2 saturated carbocycles. The molecule has 5 fully saturated rings. The standard InChI is InChI=1S/C32H45NO6S2/c1-18-27-24-7-5-6-23-25(35)14-22-19(10-13-32(22)11-3-4-12-32)16-40-41-17-20(33(23)24)8-9-26(27)38-28(18)30-29(37-2)21(15-34)31(36)39-30/h9,18-20,22-25,27,34-35H,3-8,10-17H2,1-2H3/t18-,19-,20+,22-,23-,24-,25-,27+/m0/s1. The SMILES string of the molecule is COC1=C(CO)C(=O)OC1=C1OC2=CC[C@@H]3CSSC[C@@H]4CCC5(CCCC5)[C@H]4C[C@H](O)[C@@H]4CCC[C@@H]([C@H]2[C@@H]1C)N34. The van der Waals surface area contributed by atoms with E-state index in [2.05, 4.69) is 28.7 Å². The summed E-state index contributed by atoms with van der Waals surface area (Å²) < 4.78 is 17.7. The Hall–Kier alpha value is -1.13. The van der Waals surface area contributed by atoms with Crippen LogP contribution >= 0.6 is 21.6 Å². The summed E-state index contributed by atoms with van der Waals surface area (Å²) in [6, 6.07) is 0.782. The number of aliphatic hydroxyl groups excluding tert-OH is 2. The lowest BCUT2D eigenvalue weighted by Crippen LogP contribution is -2.59. The fourth-order valence-corrected chi connectivity index (χ4v) is 12.7. The molecule has 0 bridgehead atoms. The summed E-state index contributed by atoms with van der Waals surface area (Å²) in [5.74, 6) is 5.36. The van der Waals surface area contributed by atoms with Crippen LogP contribution in [-0.2, 0) is 19.0 Å². The zero-order chi connectivity index (χ0) is 28.3. The van der Waals surface area contributed by atoms with Gasteiger partial charge in [0.05, 0.1) is 19.8 Å². The minimum absolute atomic E-state index is 0.0203. The van der Waals surface area contributed by atoms with E-state index in [-0.39, 0.29) is 41.4 Å². The highest BCUT2D eigenvalue weighted by molar-refractivity contribution is 8.76. The highest BCUT2D eigenvalue weighted by Crippen LogP contribution is 2.60. The Bertz CT molecular complexity index is 1150. The number of nitrogens with zero attached hydrogens (tertiary/aromatic N) is 1. The van der Waals surface area contributed by atoms with Crippen molar-refractivity contribution in [3.63, 3.8) is 0 Å². The number of allylic oxidation sites excluding steroid dienone is 1. The van der Waals surface area contributed by atoms with Gasteiger partial charge in [0.15, 0.2) is 11.5 Å². The van der Waals surface area contributed by atoms with Gasteiger partial charge in [-0.25, -0.2) is 4.79 Å². The van der Waals surface area contributed by atoms with E-state index in [4.69, 9.17) is 14.2 Å². The molecule has 5 aliphatic heterocycles. The maximum Gasteiger partial charge on any atom is 0.345 e. The summed E-state index contributed by atoms with van der Waals surface area (Å²) in [7, 11) is 5.62. The molecule has 9 heteroatoms. The van der Waals surface area contributed by atoms with Gasteiger partial charge >= 0.3 is 5.97 Å². The molecule has 41 heavy (non-hydrogen) atoms. The fraction of sp³-hybridized carbons (Fsp3) is 0.781. The maximum atomic E-state index is 12.5. The summed E-state index contributed by atoms with van der Waals surface area (Å²) in [6.07, 6.45) is 15.2. The minimum Gasteiger partial charge on any atom is -0.492 e. The van der Waals surface area contributed by atoms with E-state index < -0.39 is 12.6 Å². The van der Waals surface area contributed by atoms with E-state index in [1.54, 1.807) is 0 Å². The van der Waals surface area contributed by atoms with Crippen molar-refractivity contribution in [3.05, 3.63) is 34.7 Å². The highest BCUT2D eigenvalue weighted by Gasteiger charge is 2.54. The zero-order valence-electron chi connectivity index (χ0n) is 24.4. The third-order valence-electron chi connectivity index (χ3n) is 11.7. The van der Waals surface area contributed by atoms with Crippen LogP contribution in [0.1, 0.15) is 77.6 Å². The molecule has 2 aliphatic carbocycles. The number of ether oxygens (including phenoxy) is 3. The van der Waals surface area contributed by atoms with Gasteiger partial charge in [-0.05, 0) is 74.7 Å². The Kier molecular flexibility index (Phi) is 7.97. The quantitative estimate of drug-likeness (QED) is 0.312. The van der Waals surface area contributed by atoms with Crippen molar-refractivity contribution in [3.8, 4) is 0 Å². The lowest BCUT2D eigenvalue weighted by Gasteiger charge is -2.50. The first-order valence-corrected chi connectivity index (χ1v) is 18.4. The van der Waals surface area contributed by atoms with Crippen molar-refractivity contribution in [1.82, 2.24) is 4.90 Å². The molecule has 3 saturated heterocycles. The van der Waals surface area contributed by atoms with E-state index in [9.17, 15) is 15.0 Å². The smallest absolute Gasteiger partial charge is 0.345 e. The van der Waals surface area contributed by atoms with Crippen LogP contribution in [0.15, 0.2) is 34.7 Å². The lowest BCUT2D eigenvalue weighted by atomic mass is 9.70. The first kappa shape index (κ1) is 28.6. The summed E-state index contributed by atoms with van der Waals surface area (Å²) in [4.78, 5) is 15.2. The molecule has 7 nitrogen and oxygen atoms in total. The number of carbonyl (C=O) groups excluding carboxylic acids is 1. The van der Waals surface area contributed by atoms with E-state index >= 15 is 0 Å². The number of esters is 1. The molecular weight excluding hydrogens is 558 g/mol. The van der Waals surface area contributed by atoms with Crippen molar-refractivity contribution in [2.75, 3.05) is 25.2 Å². The Balaban J connectivity index is 1.22. The Labute approximate surface area is 251 Å². The Morgan fingerprint density at radius 2 is 1.85 bits per heavy atom. The third kappa shape index (κ3) is 4.71. The molecule has 0 aromatic carbocycles. The van der Waals surface area contributed by atoms with Crippen molar-refractivity contribution in [1.29, 1.82) is 0 Å². The van der Waals surface area contributed by atoms with Crippen molar-refractivity contribution in [2.45, 2.75) is 102 Å². The van der Waals surface area contributed by atoms with Crippen molar-refractivity contribution >= 4 is 27.6 Å². The molecule has 5 heterocycles. The molecule has 0 amide bonds. The van der Waals surface area contributed by atoms with Crippen LogP contribution in [0.25, 0.3) is 0 Å². The molecule has 7 aliphatic rings. The maximum absolute atomic E-state index is 12.5. The first-order chi connectivity index (χ1) is 20.0. The fourth-order valence-electron chi connectivity index (χ4n) is 9.88. The number of rotatable bonds is 2. The second-order valence-corrected chi connectivity index (χ2v) is 16.1. The summed E-state index contributed by atoms with van der Waals surface area (Å²) >= 11 is 0. The monoisotopic (exact) mass is 603 g/mol. The van der Waals surface area contributed by atoms with Gasteiger partial charge in [-0.2, -0.15) is 0 Å². The number of fused-ring (bicyclic) bond motifs is 4. The lowest BCUT2D eigenvalue weighted by molar-refractivity contribution is -0.133. The zero-order valence-corrected chi connectivity index (χ0v) is 26.0. The molecule has 0 radical (unpaired) electrons. The van der Waals surface area contributed by atoms with Crippen LogP contribution < -0.4 is 0 Å². The number of carbonyl (C=O) groups is 1. The van der Waals surface area contributed by atoms with Gasteiger partial charge in [0.25, 0.3) is 0 Å². The molecule has 1 spiro atoms.